The second-order valence-corrected chi connectivity index (χ2v) is 5.30. The SMILES string of the molecule is O=c1[nH]c(=O)n(Cc2cc(Cl)ccc2Cl)cc1Br. The van der Waals surface area contributed by atoms with Gasteiger partial charge in [0.1, 0.15) is 0 Å². The molecule has 0 unspecified atom stereocenters. The molecule has 0 spiro atoms. The summed E-state index contributed by atoms with van der Waals surface area (Å²) in [4.78, 5) is 25.0. The molecule has 1 heterocycles. The summed E-state index contributed by atoms with van der Waals surface area (Å²) in [6.45, 7) is 0.230. The van der Waals surface area contributed by atoms with Gasteiger partial charge >= 0.3 is 5.69 Å². The van der Waals surface area contributed by atoms with Gasteiger partial charge in [-0.2, -0.15) is 0 Å². The summed E-state index contributed by atoms with van der Waals surface area (Å²) in [6.07, 6.45) is 1.42. The standard InChI is InChI=1S/C11H7BrCl2N2O2/c12-8-5-16(11(18)15-10(8)17)4-6-3-7(13)1-2-9(6)14/h1-3,5H,4H2,(H,15,17,18). The molecule has 0 aliphatic carbocycles. The van der Waals surface area contributed by atoms with Crippen molar-refractivity contribution in [1.29, 1.82) is 0 Å². The van der Waals surface area contributed by atoms with Crippen LogP contribution in [0.5, 0.6) is 0 Å². The molecule has 0 aliphatic heterocycles. The van der Waals surface area contributed by atoms with E-state index in [4.69, 9.17) is 23.2 Å². The topological polar surface area (TPSA) is 54.9 Å². The van der Waals surface area contributed by atoms with E-state index in [9.17, 15) is 9.59 Å². The molecule has 0 amide bonds. The Hall–Kier alpha value is -1.04. The molecule has 0 bridgehead atoms. The molecule has 18 heavy (non-hydrogen) atoms. The minimum atomic E-state index is -0.501. The summed E-state index contributed by atoms with van der Waals surface area (Å²) in [5, 5.41) is 1.04. The number of nitrogens with zero attached hydrogens (tertiary/aromatic N) is 1. The van der Waals surface area contributed by atoms with E-state index < -0.39 is 11.2 Å². The lowest BCUT2D eigenvalue weighted by atomic mass is 10.2. The summed E-state index contributed by atoms with van der Waals surface area (Å²) < 4.78 is 1.61. The van der Waals surface area contributed by atoms with Crippen LogP contribution < -0.4 is 11.2 Å². The third-order valence-corrected chi connectivity index (χ3v) is 3.48. The molecular weight excluding hydrogens is 343 g/mol. The first kappa shape index (κ1) is 13.4. The zero-order chi connectivity index (χ0) is 13.3. The molecular formula is C11H7BrCl2N2O2. The van der Waals surface area contributed by atoms with Gasteiger partial charge in [-0.15, -0.1) is 0 Å². The molecule has 0 atom stereocenters. The molecule has 1 aromatic heterocycles. The molecule has 2 rings (SSSR count). The van der Waals surface area contributed by atoms with Crippen molar-refractivity contribution in [2.45, 2.75) is 6.54 Å². The van der Waals surface area contributed by atoms with Crippen molar-refractivity contribution in [2.75, 3.05) is 0 Å². The maximum atomic E-state index is 11.6. The van der Waals surface area contributed by atoms with Gasteiger partial charge in [0.2, 0.25) is 0 Å². The number of aromatic amines is 1. The Bertz CT molecular complexity index is 709. The van der Waals surface area contributed by atoms with Gasteiger partial charge in [-0.05, 0) is 39.7 Å². The second-order valence-electron chi connectivity index (χ2n) is 3.60. The molecule has 7 heteroatoms. The number of H-pyrrole nitrogens is 1. The smallest absolute Gasteiger partial charge is 0.295 e. The Morgan fingerprint density at radius 1 is 1.28 bits per heavy atom. The van der Waals surface area contributed by atoms with Crippen LogP contribution in [0.2, 0.25) is 10.0 Å². The van der Waals surface area contributed by atoms with E-state index in [2.05, 4.69) is 20.9 Å². The van der Waals surface area contributed by atoms with Crippen LogP contribution in [-0.2, 0) is 6.54 Å². The minimum Gasteiger partial charge on any atom is -0.295 e. The average Bonchev–Trinajstić information content (AvgIpc) is 2.30. The van der Waals surface area contributed by atoms with E-state index in [1.54, 1.807) is 18.2 Å². The Labute approximate surface area is 120 Å². The van der Waals surface area contributed by atoms with E-state index in [-0.39, 0.29) is 11.0 Å². The normalized spacial score (nSPS) is 10.6. The quantitative estimate of drug-likeness (QED) is 0.906. The van der Waals surface area contributed by atoms with Crippen LogP contribution in [0.4, 0.5) is 0 Å². The fourth-order valence-electron chi connectivity index (χ4n) is 1.45. The molecule has 4 nitrogen and oxygen atoms in total. The Morgan fingerprint density at radius 2 is 2.00 bits per heavy atom. The Balaban J connectivity index is 2.46. The molecule has 94 valence electrons. The molecule has 2 aromatic rings. The number of nitrogens with one attached hydrogen (secondary N) is 1. The van der Waals surface area contributed by atoms with Crippen molar-refractivity contribution in [3.63, 3.8) is 0 Å². The van der Waals surface area contributed by atoms with E-state index >= 15 is 0 Å². The zero-order valence-corrected chi connectivity index (χ0v) is 12.0. The number of hydrogen-bond acceptors (Lipinski definition) is 2. The highest BCUT2D eigenvalue weighted by atomic mass is 79.9. The maximum Gasteiger partial charge on any atom is 0.328 e. The van der Waals surface area contributed by atoms with Crippen molar-refractivity contribution >= 4 is 39.1 Å². The third kappa shape index (κ3) is 2.85. The van der Waals surface area contributed by atoms with Crippen LogP contribution in [0.1, 0.15) is 5.56 Å². The van der Waals surface area contributed by atoms with Crippen molar-refractivity contribution in [3.8, 4) is 0 Å². The highest BCUT2D eigenvalue weighted by molar-refractivity contribution is 9.10. The zero-order valence-electron chi connectivity index (χ0n) is 8.91. The fourth-order valence-corrected chi connectivity index (χ4v) is 2.17. The average molecular weight is 350 g/mol. The predicted molar refractivity (Wildman–Crippen MR) is 74.6 cm³/mol. The van der Waals surface area contributed by atoms with Crippen molar-refractivity contribution < 1.29 is 0 Å². The van der Waals surface area contributed by atoms with Gasteiger partial charge in [-0.1, -0.05) is 23.2 Å². The van der Waals surface area contributed by atoms with Gasteiger partial charge in [0.25, 0.3) is 5.56 Å². The molecule has 0 saturated heterocycles. The van der Waals surface area contributed by atoms with E-state index in [0.29, 0.717) is 15.6 Å². The number of benzene rings is 1. The molecule has 0 aliphatic rings. The first-order valence-electron chi connectivity index (χ1n) is 4.90. The number of rotatable bonds is 2. The summed E-state index contributed by atoms with van der Waals surface area (Å²) >= 11 is 14.9. The second kappa shape index (κ2) is 5.30. The monoisotopic (exact) mass is 348 g/mol. The van der Waals surface area contributed by atoms with Crippen molar-refractivity contribution in [1.82, 2.24) is 9.55 Å². The Kier molecular flexibility index (Phi) is 3.94. The van der Waals surface area contributed by atoms with Gasteiger partial charge in [0.15, 0.2) is 0 Å². The lowest BCUT2D eigenvalue weighted by Crippen LogP contribution is -2.30. The van der Waals surface area contributed by atoms with Gasteiger partial charge in [0.05, 0.1) is 11.0 Å². The first-order chi connectivity index (χ1) is 8.47. The lowest BCUT2D eigenvalue weighted by Gasteiger charge is -2.07. The first-order valence-corrected chi connectivity index (χ1v) is 6.45. The Morgan fingerprint density at radius 3 is 2.72 bits per heavy atom. The lowest BCUT2D eigenvalue weighted by molar-refractivity contribution is 0.716. The maximum absolute atomic E-state index is 11.6. The molecule has 1 aromatic carbocycles. The molecule has 0 radical (unpaired) electrons. The van der Waals surface area contributed by atoms with Crippen LogP contribution in [0, 0.1) is 0 Å². The van der Waals surface area contributed by atoms with Crippen LogP contribution in [-0.4, -0.2) is 9.55 Å². The van der Waals surface area contributed by atoms with E-state index in [0.717, 1.165) is 0 Å². The number of aromatic nitrogens is 2. The molecule has 0 saturated carbocycles. The third-order valence-electron chi connectivity index (χ3n) is 2.32. The van der Waals surface area contributed by atoms with Crippen LogP contribution >= 0.6 is 39.1 Å². The predicted octanol–water partition coefficient (Wildman–Crippen LogP) is 2.65. The van der Waals surface area contributed by atoms with E-state index in [1.807, 2.05) is 0 Å². The fraction of sp³-hybridized carbons (Fsp3) is 0.0909. The van der Waals surface area contributed by atoms with Gasteiger partial charge < -0.3 is 0 Å². The summed E-state index contributed by atoms with van der Waals surface area (Å²) in [5.41, 5.74) is -0.266. The van der Waals surface area contributed by atoms with Gasteiger partial charge in [-0.3, -0.25) is 14.3 Å². The van der Waals surface area contributed by atoms with Crippen LogP contribution in [0.15, 0.2) is 38.5 Å². The highest BCUT2D eigenvalue weighted by Gasteiger charge is 2.06. The molecule has 1 N–H and O–H groups in total. The van der Waals surface area contributed by atoms with Crippen LogP contribution in [0.25, 0.3) is 0 Å². The number of hydrogen-bond donors (Lipinski definition) is 1. The number of halogens is 3. The van der Waals surface area contributed by atoms with Crippen LogP contribution in [0.3, 0.4) is 0 Å². The largest absolute Gasteiger partial charge is 0.328 e. The van der Waals surface area contributed by atoms with Gasteiger partial charge in [-0.25, -0.2) is 4.79 Å². The van der Waals surface area contributed by atoms with Crippen molar-refractivity contribution in [2.24, 2.45) is 0 Å². The molecule has 0 fully saturated rings. The summed E-state index contributed by atoms with van der Waals surface area (Å²) in [5.74, 6) is 0. The summed E-state index contributed by atoms with van der Waals surface area (Å²) in [7, 11) is 0. The van der Waals surface area contributed by atoms with Crippen molar-refractivity contribution in [3.05, 3.63) is 65.3 Å². The van der Waals surface area contributed by atoms with E-state index in [1.165, 1.54) is 10.8 Å². The minimum absolute atomic E-state index is 0.230. The highest BCUT2D eigenvalue weighted by Crippen LogP contribution is 2.21. The van der Waals surface area contributed by atoms with Gasteiger partial charge in [0, 0.05) is 16.2 Å². The summed E-state index contributed by atoms with van der Waals surface area (Å²) in [6, 6.07) is 5.00.